The largest absolute Gasteiger partial charge is 0.349 e. The maximum absolute atomic E-state index is 5.58. The van der Waals surface area contributed by atoms with Crippen LogP contribution in [0.5, 0.6) is 0 Å². The Morgan fingerprint density at radius 2 is 2.00 bits per heavy atom. The van der Waals surface area contributed by atoms with E-state index >= 15 is 0 Å². The molecule has 2 atom stereocenters. The lowest BCUT2D eigenvalue weighted by atomic mass is 9.84. The van der Waals surface area contributed by atoms with Gasteiger partial charge in [0.25, 0.3) is 0 Å². The van der Waals surface area contributed by atoms with E-state index in [1.54, 1.807) is 0 Å². The van der Waals surface area contributed by atoms with Crippen LogP contribution in [-0.4, -0.2) is 47.6 Å². The quantitative estimate of drug-likeness (QED) is 0.801. The summed E-state index contributed by atoms with van der Waals surface area (Å²) in [6.07, 6.45) is 3.90. The maximum Gasteiger partial charge on any atom is 0.173 e. The van der Waals surface area contributed by atoms with Gasteiger partial charge >= 0.3 is 0 Å². The molecule has 3 rings (SSSR count). The van der Waals surface area contributed by atoms with Crippen molar-refractivity contribution in [3.8, 4) is 0 Å². The van der Waals surface area contributed by atoms with Crippen LogP contribution in [0.3, 0.4) is 0 Å². The summed E-state index contributed by atoms with van der Waals surface area (Å²) < 4.78 is 0. The van der Waals surface area contributed by atoms with Crippen LogP contribution in [0.25, 0.3) is 0 Å². The Balaban J connectivity index is 1.60. The molecule has 2 aliphatic heterocycles. The molecule has 0 aliphatic carbocycles. The average molecular weight is 289 g/mol. The van der Waals surface area contributed by atoms with E-state index in [0.29, 0.717) is 0 Å². The summed E-state index contributed by atoms with van der Waals surface area (Å²) in [5.41, 5.74) is 1.08. The zero-order valence-corrected chi connectivity index (χ0v) is 12.9. The van der Waals surface area contributed by atoms with Crippen molar-refractivity contribution in [2.75, 3.05) is 32.0 Å². The molecule has 2 aliphatic rings. The number of benzene rings is 1. The molecule has 0 radical (unpaired) electrons. The summed E-state index contributed by atoms with van der Waals surface area (Å²) in [4.78, 5) is 4.89. The highest BCUT2D eigenvalue weighted by atomic mass is 32.1. The van der Waals surface area contributed by atoms with E-state index in [2.05, 4.69) is 34.3 Å². The van der Waals surface area contributed by atoms with Crippen LogP contribution in [0.4, 0.5) is 5.69 Å². The standard InChI is InChI=1S/C16H23N3S/c1-18-10-5-6-13-12-19(11-9-15(13)18)16(20)17-14-7-3-2-4-8-14/h2-4,7-8,13,15H,5-6,9-12H2,1H3,(H,17,20). The number of rotatable bonds is 1. The Kier molecular flexibility index (Phi) is 4.22. The summed E-state index contributed by atoms with van der Waals surface area (Å²) in [6, 6.07) is 11.0. The van der Waals surface area contributed by atoms with Gasteiger partial charge in [-0.1, -0.05) is 18.2 Å². The van der Waals surface area contributed by atoms with Crippen LogP contribution < -0.4 is 5.32 Å². The number of nitrogens with zero attached hydrogens (tertiary/aromatic N) is 2. The number of anilines is 1. The second kappa shape index (κ2) is 6.10. The highest BCUT2D eigenvalue weighted by Gasteiger charge is 2.34. The molecule has 1 aromatic carbocycles. The van der Waals surface area contributed by atoms with Crippen molar-refractivity contribution in [1.29, 1.82) is 0 Å². The van der Waals surface area contributed by atoms with Gasteiger partial charge in [-0.25, -0.2) is 0 Å². The molecule has 2 unspecified atom stereocenters. The zero-order valence-electron chi connectivity index (χ0n) is 12.1. The minimum Gasteiger partial charge on any atom is -0.349 e. The van der Waals surface area contributed by atoms with Crippen molar-refractivity contribution in [1.82, 2.24) is 9.80 Å². The maximum atomic E-state index is 5.58. The first-order valence-corrected chi connectivity index (χ1v) is 7.96. The number of thiocarbonyl (C=S) groups is 1. The van der Waals surface area contributed by atoms with Crippen molar-refractivity contribution in [2.24, 2.45) is 5.92 Å². The first-order chi connectivity index (χ1) is 9.74. The number of fused-ring (bicyclic) bond motifs is 1. The minimum absolute atomic E-state index is 0.763. The van der Waals surface area contributed by atoms with E-state index in [9.17, 15) is 0 Å². The Hall–Kier alpha value is -1.13. The molecule has 0 saturated carbocycles. The van der Waals surface area contributed by atoms with Gasteiger partial charge in [0.2, 0.25) is 0 Å². The van der Waals surface area contributed by atoms with E-state index in [4.69, 9.17) is 12.2 Å². The fourth-order valence-corrected chi connectivity index (χ4v) is 3.84. The van der Waals surface area contributed by atoms with Crippen molar-refractivity contribution < 1.29 is 0 Å². The molecular weight excluding hydrogens is 266 g/mol. The van der Waals surface area contributed by atoms with E-state index < -0.39 is 0 Å². The third kappa shape index (κ3) is 2.96. The second-order valence-electron chi connectivity index (χ2n) is 5.98. The number of likely N-dealkylation sites (tertiary alicyclic amines) is 2. The highest BCUT2D eigenvalue weighted by molar-refractivity contribution is 7.80. The summed E-state index contributed by atoms with van der Waals surface area (Å²) in [5, 5.41) is 4.24. The van der Waals surface area contributed by atoms with Gasteiger partial charge in [0.05, 0.1) is 0 Å². The van der Waals surface area contributed by atoms with Gasteiger partial charge < -0.3 is 15.1 Å². The first-order valence-electron chi connectivity index (χ1n) is 7.55. The van der Waals surface area contributed by atoms with Crippen LogP contribution >= 0.6 is 12.2 Å². The fourth-order valence-electron chi connectivity index (χ4n) is 3.56. The third-order valence-corrected chi connectivity index (χ3v) is 5.02. The molecule has 3 nitrogen and oxygen atoms in total. The van der Waals surface area contributed by atoms with Gasteiger partial charge in [-0.3, -0.25) is 0 Å². The summed E-state index contributed by atoms with van der Waals surface area (Å²) in [5.74, 6) is 0.776. The van der Waals surface area contributed by atoms with Crippen molar-refractivity contribution in [2.45, 2.75) is 25.3 Å². The molecule has 0 aromatic heterocycles. The van der Waals surface area contributed by atoms with Crippen LogP contribution in [0.2, 0.25) is 0 Å². The molecule has 2 heterocycles. The number of hydrogen-bond acceptors (Lipinski definition) is 2. The summed E-state index contributed by atoms with van der Waals surface area (Å²) in [6.45, 7) is 3.44. The number of nitrogens with one attached hydrogen (secondary N) is 1. The van der Waals surface area contributed by atoms with Gasteiger partial charge in [0.1, 0.15) is 0 Å². The lowest BCUT2D eigenvalue weighted by molar-refractivity contribution is 0.0640. The van der Waals surface area contributed by atoms with E-state index in [0.717, 1.165) is 35.8 Å². The molecule has 1 N–H and O–H groups in total. The number of hydrogen-bond donors (Lipinski definition) is 1. The smallest absolute Gasteiger partial charge is 0.173 e. The molecule has 4 heteroatoms. The molecule has 108 valence electrons. The predicted octanol–water partition coefficient (Wildman–Crippen LogP) is 2.80. The number of para-hydroxylation sites is 1. The fraction of sp³-hybridized carbons (Fsp3) is 0.562. The van der Waals surface area contributed by atoms with Crippen LogP contribution in [0.1, 0.15) is 19.3 Å². The van der Waals surface area contributed by atoms with E-state index in [-0.39, 0.29) is 0 Å². The van der Waals surface area contributed by atoms with Gasteiger partial charge in [-0.2, -0.15) is 0 Å². The Morgan fingerprint density at radius 1 is 1.20 bits per heavy atom. The molecule has 20 heavy (non-hydrogen) atoms. The van der Waals surface area contributed by atoms with Crippen LogP contribution in [0, 0.1) is 5.92 Å². The summed E-state index contributed by atoms with van der Waals surface area (Å²) in [7, 11) is 2.27. The monoisotopic (exact) mass is 289 g/mol. The Bertz CT molecular complexity index is 462. The van der Waals surface area contributed by atoms with Gasteiger partial charge in [-0.05, 0) is 63.1 Å². The van der Waals surface area contributed by atoms with Gasteiger partial charge in [0.15, 0.2) is 5.11 Å². The van der Waals surface area contributed by atoms with Crippen LogP contribution in [0.15, 0.2) is 30.3 Å². The lowest BCUT2D eigenvalue weighted by Crippen LogP contribution is -2.54. The highest BCUT2D eigenvalue weighted by Crippen LogP contribution is 2.29. The van der Waals surface area contributed by atoms with Crippen molar-refractivity contribution in [3.63, 3.8) is 0 Å². The molecule has 0 spiro atoms. The predicted molar refractivity (Wildman–Crippen MR) is 88.0 cm³/mol. The lowest BCUT2D eigenvalue weighted by Gasteiger charge is -2.46. The molecule has 0 amide bonds. The third-order valence-electron chi connectivity index (χ3n) is 4.66. The average Bonchev–Trinajstić information content (AvgIpc) is 2.48. The van der Waals surface area contributed by atoms with Crippen molar-refractivity contribution in [3.05, 3.63) is 30.3 Å². The topological polar surface area (TPSA) is 18.5 Å². The second-order valence-corrected chi connectivity index (χ2v) is 6.37. The van der Waals surface area contributed by atoms with Gasteiger partial charge in [-0.15, -0.1) is 0 Å². The van der Waals surface area contributed by atoms with Crippen LogP contribution in [-0.2, 0) is 0 Å². The molecular formula is C16H23N3S. The van der Waals surface area contributed by atoms with E-state index in [1.165, 1.54) is 25.8 Å². The van der Waals surface area contributed by atoms with Crippen molar-refractivity contribution >= 4 is 23.0 Å². The van der Waals surface area contributed by atoms with Gasteiger partial charge in [0, 0.05) is 24.8 Å². The first kappa shape index (κ1) is 13.8. The normalized spacial score (nSPS) is 26.9. The minimum atomic E-state index is 0.763. The SMILES string of the molecule is CN1CCCC2CN(C(=S)Nc3ccccc3)CCC21. The van der Waals surface area contributed by atoms with E-state index in [1.807, 2.05) is 18.2 Å². The zero-order chi connectivity index (χ0) is 13.9. The Morgan fingerprint density at radius 3 is 2.80 bits per heavy atom. The number of piperidine rings is 2. The Labute approximate surface area is 126 Å². The molecule has 2 saturated heterocycles. The molecule has 1 aromatic rings. The summed E-state index contributed by atoms with van der Waals surface area (Å²) >= 11 is 5.58. The molecule has 0 bridgehead atoms. The molecule has 2 fully saturated rings.